The van der Waals surface area contributed by atoms with Crippen LogP contribution in [0.5, 0.6) is 0 Å². The fourth-order valence-electron chi connectivity index (χ4n) is 1.93. The number of ether oxygens (including phenoxy) is 1. The fourth-order valence-corrected chi connectivity index (χ4v) is 2.34. The molecule has 0 bridgehead atoms. The van der Waals surface area contributed by atoms with Crippen molar-refractivity contribution >= 4 is 17.4 Å². The predicted octanol–water partition coefficient (Wildman–Crippen LogP) is -0.977. The van der Waals surface area contributed by atoms with Gasteiger partial charge in [0.05, 0.1) is 6.61 Å². The van der Waals surface area contributed by atoms with E-state index in [1.54, 1.807) is 0 Å². The smallest absolute Gasteiger partial charge is 0.351 e. The van der Waals surface area contributed by atoms with Gasteiger partial charge in [0.15, 0.2) is 6.23 Å². The number of hydrogen-bond donors (Lipinski definition) is 3. The lowest BCUT2D eigenvalue weighted by Crippen LogP contribution is -2.47. The van der Waals surface area contributed by atoms with Crippen molar-refractivity contribution in [2.24, 2.45) is 0 Å². The summed E-state index contributed by atoms with van der Waals surface area (Å²) in [4.78, 5) is 15.1. The summed E-state index contributed by atoms with van der Waals surface area (Å²) in [6.07, 6.45) is -1.32. The molecule has 0 radical (unpaired) electrons. The lowest BCUT2D eigenvalue weighted by molar-refractivity contribution is -0.137. The highest BCUT2D eigenvalue weighted by Gasteiger charge is 2.55. The van der Waals surface area contributed by atoms with E-state index in [1.807, 2.05) is 0 Å². The first-order valence-corrected chi connectivity index (χ1v) is 5.90. The van der Waals surface area contributed by atoms with E-state index >= 15 is 0 Å². The molecule has 0 spiro atoms. The highest BCUT2D eigenvalue weighted by molar-refractivity contribution is 6.21. The van der Waals surface area contributed by atoms with E-state index in [-0.39, 0.29) is 5.82 Å². The molecule has 4 N–H and O–H groups in total. The number of anilines is 1. The molecular weight excluding hydrogens is 281 g/mol. The maximum Gasteiger partial charge on any atom is 0.351 e. The number of aliphatic hydroxyl groups excluding tert-OH is 2. The quantitative estimate of drug-likeness (QED) is 0.618. The Morgan fingerprint density at radius 2 is 2.37 bits per heavy atom. The molecule has 1 aliphatic rings. The third-order valence-corrected chi connectivity index (χ3v) is 3.54. The van der Waals surface area contributed by atoms with Gasteiger partial charge in [0.25, 0.3) is 0 Å². The molecule has 0 aromatic carbocycles. The molecule has 0 amide bonds. The maximum atomic E-state index is 13.0. The number of nitrogens with two attached hydrogens (primary N) is 1. The summed E-state index contributed by atoms with van der Waals surface area (Å²) in [6, 6.07) is 1.34. The molecule has 0 saturated carbocycles. The van der Waals surface area contributed by atoms with Gasteiger partial charge in [-0.3, -0.25) is 4.57 Å². The molecule has 0 aliphatic carbocycles. The molecule has 7 nitrogen and oxygen atoms in total. The van der Waals surface area contributed by atoms with E-state index < -0.39 is 42.3 Å². The standard InChI is InChI=1S/C10H13ClFN3O4/c11-6-7(17)10(3-12,4-16)19-8(6)15-2-1-5(13)14-9(15)18/h1-2,6-8,16-17H,3-4H2,(H2,13,14,18)/t6-,7+,8-,10-/m1/s1. The highest BCUT2D eigenvalue weighted by atomic mass is 35.5. The average molecular weight is 294 g/mol. The number of rotatable bonds is 3. The molecule has 2 heterocycles. The van der Waals surface area contributed by atoms with E-state index in [1.165, 1.54) is 12.3 Å². The zero-order valence-electron chi connectivity index (χ0n) is 9.74. The minimum absolute atomic E-state index is 0.0184. The Morgan fingerprint density at radius 3 is 2.84 bits per heavy atom. The molecule has 1 saturated heterocycles. The zero-order valence-corrected chi connectivity index (χ0v) is 10.5. The van der Waals surface area contributed by atoms with Crippen LogP contribution in [0.4, 0.5) is 10.2 Å². The Kier molecular flexibility index (Phi) is 3.77. The first-order chi connectivity index (χ1) is 8.95. The number of hydrogen-bond acceptors (Lipinski definition) is 6. The van der Waals surface area contributed by atoms with Crippen LogP contribution in [0.25, 0.3) is 0 Å². The summed E-state index contributed by atoms with van der Waals surface area (Å²) in [7, 11) is 0. The Labute approximate surface area is 112 Å². The Bertz CT molecular complexity index is 522. The van der Waals surface area contributed by atoms with Crippen LogP contribution in [0, 0.1) is 0 Å². The molecule has 2 rings (SSSR count). The Morgan fingerprint density at radius 1 is 1.68 bits per heavy atom. The van der Waals surface area contributed by atoms with Crippen molar-refractivity contribution in [3.05, 3.63) is 22.7 Å². The molecule has 9 heteroatoms. The largest absolute Gasteiger partial charge is 0.393 e. The number of nitrogen functional groups attached to an aromatic ring is 1. The maximum absolute atomic E-state index is 13.0. The fraction of sp³-hybridized carbons (Fsp3) is 0.600. The predicted molar refractivity (Wildman–Crippen MR) is 64.5 cm³/mol. The van der Waals surface area contributed by atoms with Gasteiger partial charge in [0.1, 0.15) is 29.6 Å². The van der Waals surface area contributed by atoms with Crippen molar-refractivity contribution in [3.8, 4) is 0 Å². The van der Waals surface area contributed by atoms with Crippen molar-refractivity contribution in [1.29, 1.82) is 0 Å². The van der Waals surface area contributed by atoms with Crippen LogP contribution < -0.4 is 11.4 Å². The molecule has 0 unspecified atom stereocenters. The normalized spacial score (nSPS) is 34.6. The van der Waals surface area contributed by atoms with Gasteiger partial charge in [-0.1, -0.05) is 0 Å². The molecular formula is C10H13ClFN3O4. The van der Waals surface area contributed by atoms with E-state index in [2.05, 4.69) is 4.98 Å². The van der Waals surface area contributed by atoms with Crippen molar-refractivity contribution in [1.82, 2.24) is 9.55 Å². The summed E-state index contributed by atoms with van der Waals surface area (Å²) in [5.41, 5.74) is 2.77. The summed E-state index contributed by atoms with van der Waals surface area (Å²) >= 11 is 5.95. The van der Waals surface area contributed by atoms with Gasteiger partial charge < -0.3 is 20.7 Å². The van der Waals surface area contributed by atoms with Gasteiger partial charge in [-0.15, -0.1) is 11.6 Å². The van der Waals surface area contributed by atoms with Gasteiger partial charge >= 0.3 is 5.69 Å². The van der Waals surface area contributed by atoms with Crippen molar-refractivity contribution < 1.29 is 19.3 Å². The van der Waals surface area contributed by atoms with Crippen LogP contribution in [0.15, 0.2) is 17.1 Å². The number of alkyl halides is 2. The van der Waals surface area contributed by atoms with Gasteiger partial charge in [-0.25, -0.2) is 9.18 Å². The average Bonchev–Trinajstić information content (AvgIpc) is 2.64. The topological polar surface area (TPSA) is 111 Å². The summed E-state index contributed by atoms with van der Waals surface area (Å²) in [5, 5.41) is 17.9. The molecule has 1 aromatic heterocycles. The molecule has 106 valence electrons. The zero-order chi connectivity index (χ0) is 14.2. The van der Waals surface area contributed by atoms with Crippen LogP contribution in [-0.4, -0.2) is 50.1 Å². The minimum Gasteiger partial charge on any atom is -0.393 e. The number of nitrogens with zero attached hydrogens (tertiary/aromatic N) is 2. The SMILES string of the molecule is Nc1ccn([C@@H]2O[C@@](CO)(CF)[C@@H](O)[C@H]2Cl)c(=O)n1. The van der Waals surface area contributed by atoms with E-state index in [4.69, 9.17) is 22.1 Å². The first-order valence-electron chi connectivity index (χ1n) is 5.46. The Balaban J connectivity index is 2.39. The van der Waals surface area contributed by atoms with E-state index in [0.29, 0.717) is 0 Å². The molecule has 1 fully saturated rings. The Hall–Kier alpha value is -1.22. The number of aromatic nitrogens is 2. The number of halogens is 2. The lowest BCUT2D eigenvalue weighted by Gasteiger charge is -2.26. The van der Waals surface area contributed by atoms with Crippen LogP contribution in [-0.2, 0) is 4.74 Å². The summed E-state index contributed by atoms with van der Waals surface area (Å²) < 4.78 is 19.2. The first kappa shape index (κ1) is 14.2. The molecule has 1 aliphatic heterocycles. The summed E-state index contributed by atoms with van der Waals surface area (Å²) in [6.45, 7) is -1.90. The van der Waals surface area contributed by atoms with Crippen LogP contribution >= 0.6 is 11.6 Å². The minimum atomic E-state index is -1.84. The monoisotopic (exact) mass is 293 g/mol. The third-order valence-electron chi connectivity index (χ3n) is 3.09. The van der Waals surface area contributed by atoms with Crippen molar-refractivity contribution in [3.63, 3.8) is 0 Å². The number of aliphatic hydroxyl groups is 2. The van der Waals surface area contributed by atoms with Crippen molar-refractivity contribution in [2.45, 2.75) is 23.3 Å². The summed E-state index contributed by atoms with van der Waals surface area (Å²) in [5.74, 6) is 0.0184. The van der Waals surface area contributed by atoms with Crippen LogP contribution in [0.2, 0.25) is 0 Å². The van der Waals surface area contributed by atoms with Gasteiger partial charge in [-0.05, 0) is 6.07 Å². The highest BCUT2D eigenvalue weighted by Crippen LogP contribution is 2.39. The van der Waals surface area contributed by atoms with Crippen molar-refractivity contribution in [2.75, 3.05) is 19.0 Å². The molecule has 19 heavy (non-hydrogen) atoms. The third kappa shape index (κ3) is 2.20. The second-order valence-electron chi connectivity index (χ2n) is 4.30. The van der Waals surface area contributed by atoms with E-state index in [0.717, 1.165) is 4.57 Å². The van der Waals surface area contributed by atoms with Gasteiger partial charge in [0, 0.05) is 6.20 Å². The van der Waals surface area contributed by atoms with Gasteiger partial charge in [-0.2, -0.15) is 4.98 Å². The van der Waals surface area contributed by atoms with Gasteiger partial charge in [0.2, 0.25) is 0 Å². The second kappa shape index (κ2) is 5.04. The molecule has 4 atom stereocenters. The second-order valence-corrected chi connectivity index (χ2v) is 4.80. The molecule has 1 aromatic rings. The van der Waals surface area contributed by atoms with Crippen LogP contribution in [0.3, 0.4) is 0 Å². The van der Waals surface area contributed by atoms with E-state index in [9.17, 15) is 19.4 Å². The van der Waals surface area contributed by atoms with Crippen LogP contribution in [0.1, 0.15) is 6.23 Å². The lowest BCUT2D eigenvalue weighted by atomic mass is 9.99.